The van der Waals surface area contributed by atoms with Gasteiger partial charge >= 0.3 is 0 Å². The summed E-state index contributed by atoms with van der Waals surface area (Å²) in [4.78, 5) is 12.8. The molecule has 0 saturated carbocycles. The Morgan fingerprint density at radius 3 is 2.42 bits per heavy atom. The highest BCUT2D eigenvalue weighted by Crippen LogP contribution is 2.17. The van der Waals surface area contributed by atoms with E-state index >= 15 is 0 Å². The summed E-state index contributed by atoms with van der Waals surface area (Å²) in [7, 11) is 0. The number of nitro groups is 1. The molecule has 1 saturated heterocycles. The van der Waals surface area contributed by atoms with Gasteiger partial charge in [0.05, 0.1) is 23.7 Å². The van der Waals surface area contributed by atoms with Crippen molar-refractivity contribution in [3.05, 3.63) is 70.3 Å². The van der Waals surface area contributed by atoms with Gasteiger partial charge in [0.2, 0.25) is 0 Å². The third-order valence-electron chi connectivity index (χ3n) is 4.14. The second kappa shape index (κ2) is 7.12. The van der Waals surface area contributed by atoms with Crippen LogP contribution in [0.3, 0.4) is 0 Å². The first-order valence-corrected chi connectivity index (χ1v) is 7.98. The molecular formula is C18H20N4O2. The summed E-state index contributed by atoms with van der Waals surface area (Å²) in [5.41, 5.74) is 2.91. The van der Waals surface area contributed by atoms with E-state index in [9.17, 15) is 10.1 Å². The lowest BCUT2D eigenvalue weighted by molar-refractivity contribution is -0.384. The summed E-state index contributed by atoms with van der Waals surface area (Å²) in [6.07, 6.45) is 0. The summed E-state index contributed by atoms with van der Waals surface area (Å²) < 4.78 is 0. The molecule has 0 spiro atoms. The van der Waals surface area contributed by atoms with Gasteiger partial charge < -0.3 is 4.90 Å². The average Bonchev–Trinajstić information content (AvgIpc) is 2.63. The van der Waals surface area contributed by atoms with Crippen LogP contribution in [-0.2, 0) is 0 Å². The zero-order valence-corrected chi connectivity index (χ0v) is 13.6. The van der Waals surface area contributed by atoms with Crippen LogP contribution in [0.25, 0.3) is 0 Å². The number of anilines is 1. The Labute approximate surface area is 141 Å². The Balaban J connectivity index is 1.65. The first kappa shape index (κ1) is 16.0. The topological polar surface area (TPSA) is 62.0 Å². The number of nitrogens with zero attached hydrogens (tertiary/aromatic N) is 4. The van der Waals surface area contributed by atoms with Crippen LogP contribution in [0, 0.1) is 10.1 Å². The standard InChI is InChI=1S/C18H20N4O2/c1-15(16-6-5-9-18(14-16)22(23)24)19-21-12-10-20(11-13-21)17-7-3-2-4-8-17/h2-9,14H,10-13H2,1H3/b19-15-. The molecule has 2 aromatic carbocycles. The molecule has 1 aliphatic rings. The molecule has 2 aromatic rings. The van der Waals surface area contributed by atoms with E-state index in [1.165, 1.54) is 11.8 Å². The predicted molar refractivity (Wildman–Crippen MR) is 95.5 cm³/mol. The molecule has 24 heavy (non-hydrogen) atoms. The Morgan fingerprint density at radius 2 is 1.75 bits per heavy atom. The van der Waals surface area contributed by atoms with Crippen molar-refractivity contribution in [3.63, 3.8) is 0 Å². The van der Waals surface area contributed by atoms with E-state index in [1.54, 1.807) is 12.1 Å². The molecule has 0 aliphatic carbocycles. The highest BCUT2D eigenvalue weighted by molar-refractivity contribution is 5.99. The van der Waals surface area contributed by atoms with E-state index in [4.69, 9.17) is 0 Å². The molecular weight excluding hydrogens is 304 g/mol. The predicted octanol–water partition coefficient (Wildman–Crippen LogP) is 3.14. The van der Waals surface area contributed by atoms with Crippen molar-refractivity contribution in [2.24, 2.45) is 5.10 Å². The molecule has 0 amide bonds. The number of non-ortho nitro benzene ring substituents is 1. The minimum atomic E-state index is -0.380. The van der Waals surface area contributed by atoms with Gasteiger partial charge in [0.15, 0.2) is 0 Å². The van der Waals surface area contributed by atoms with Gasteiger partial charge in [0.25, 0.3) is 5.69 Å². The number of piperazine rings is 1. The number of hydrazone groups is 1. The third kappa shape index (κ3) is 3.71. The molecule has 0 bridgehead atoms. The minimum Gasteiger partial charge on any atom is -0.368 e. The monoisotopic (exact) mass is 324 g/mol. The zero-order chi connectivity index (χ0) is 16.9. The summed E-state index contributed by atoms with van der Waals surface area (Å²) >= 11 is 0. The third-order valence-corrected chi connectivity index (χ3v) is 4.14. The molecule has 0 radical (unpaired) electrons. The smallest absolute Gasteiger partial charge is 0.270 e. The van der Waals surface area contributed by atoms with Crippen LogP contribution in [0.5, 0.6) is 0 Å². The lowest BCUT2D eigenvalue weighted by Crippen LogP contribution is -2.44. The first-order chi connectivity index (χ1) is 11.6. The van der Waals surface area contributed by atoms with Crippen molar-refractivity contribution < 1.29 is 4.92 Å². The van der Waals surface area contributed by atoms with Crippen LogP contribution in [0.15, 0.2) is 59.7 Å². The fourth-order valence-electron chi connectivity index (χ4n) is 2.81. The fourth-order valence-corrected chi connectivity index (χ4v) is 2.81. The summed E-state index contributed by atoms with van der Waals surface area (Å²) in [5.74, 6) is 0. The minimum absolute atomic E-state index is 0.0935. The van der Waals surface area contributed by atoms with Crippen molar-refractivity contribution in [1.29, 1.82) is 0 Å². The lowest BCUT2D eigenvalue weighted by atomic mass is 10.1. The second-order valence-corrected chi connectivity index (χ2v) is 5.77. The van der Waals surface area contributed by atoms with Crippen molar-refractivity contribution in [1.82, 2.24) is 5.01 Å². The quantitative estimate of drug-likeness (QED) is 0.492. The van der Waals surface area contributed by atoms with E-state index in [0.717, 1.165) is 37.5 Å². The molecule has 6 heteroatoms. The van der Waals surface area contributed by atoms with Gasteiger partial charge in [-0.05, 0) is 19.1 Å². The lowest BCUT2D eigenvalue weighted by Gasteiger charge is -2.34. The van der Waals surface area contributed by atoms with Gasteiger partial charge in [0.1, 0.15) is 0 Å². The molecule has 0 atom stereocenters. The molecule has 124 valence electrons. The van der Waals surface area contributed by atoms with Crippen LogP contribution in [-0.4, -0.2) is 41.8 Å². The van der Waals surface area contributed by atoms with E-state index in [2.05, 4.69) is 22.1 Å². The van der Waals surface area contributed by atoms with Crippen LogP contribution in [0.4, 0.5) is 11.4 Å². The van der Waals surface area contributed by atoms with Gasteiger partial charge in [-0.3, -0.25) is 15.1 Å². The van der Waals surface area contributed by atoms with Crippen molar-refractivity contribution in [2.45, 2.75) is 6.92 Å². The molecule has 0 aromatic heterocycles. The Morgan fingerprint density at radius 1 is 1.04 bits per heavy atom. The molecule has 0 N–H and O–H groups in total. The number of para-hydroxylation sites is 1. The van der Waals surface area contributed by atoms with Gasteiger partial charge in [-0.15, -0.1) is 0 Å². The van der Waals surface area contributed by atoms with E-state index in [0.29, 0.717) is 0 Å². The Bertz CT molecular complexity index is 738. The first-order valence-electron chi connectivity index (χ1n) is 7.98. The molecule has 3 rings (SSSR count). The summed E-state index contributed by atoms with van der Waals surface area (Å²) in [5, 5.41) is 17.6. The highest BCUT2D eigenvalue weighted by Gasteiger charge is 2.16. The maximum Gasteiger partial charge on any atom is 0.270 e. The average molecular weight is 324 g/mol. The van der Waals surface area contributed by atoms with Crippen molar-refractivity contribution >= 4 is 17.1 Å². The van der Waals surface area contributed by atoms with Gasteiger partial charge in [0, 0.05) is 36.5 Å². The van der Waals surface area contributed by atoms with Gasteiger partial charge in [-0.2, -0.15) is 5.10 Å². The zero-order valence-electron chi connectivity index (χ0n) is 13.6. The van der Waals surface area contributed by atoms with Gasteiger partial charge in [-0.1, -0.05) is 30.3 Å². The molecule has 1 heterocycles. The molecule has 0 unspecified atom stereocenters. The normalized spacial score (nSPS) is 15.5. The number of benzene rings is 2. The SMILES string of the molecule is C/C(=N/N1CCN(c2ccccc2)CC1)c1cccc([N+](=O)[O-])c1. The summed E-state index contributed by atoms with van der Waals surface area (Å²) in [6, 6.07) is 17.0. The van der Waals surface area contributed by atoms with Crippen LogP contribution in [0.1, 0.15) is 12.5 Å². The molecule has 6 nitrogen and oxygen atoms in total. The largest absolute Gasteiger partial charge is 0.368 e. The number of nitro benzene ring substituents is 1. The molecule has 1 aliphatic heterocycles. The highest BCUT2D eigenvalue weighted by atomic mass is 16.6. The fraction of sp³-hybridized carbons (Fsp3) is 0.278. The number of rotatable bonds is 4. The van der Waals surface area contributed by atoms with Crippen LogP contribution < -0.4 is 4.90 Å². The van der Waals surface area contributed by atoms with E-state index in [1.807, 2.05) is 36.2 Å². The number of hydrogen-bond acceptors (Lipinski definition) is 5. The Hall–Kier alpha value is -2.89. The van der Waals surface area contributed by atoms with E-state index in [-0.39, 0.29) is 10.6 Å². The number of hydrogen-bond donors (Lipinski definition) is 0. The Kier molecular flexibility index (Phi) is 4.74. The summed E-state index contributed by atoms with van der Waals surface area (Å²) in [6.45, 7) is 5.39. The second-order valence-electron chi connectivity index (χ2n) is 5.77. The van der Waals surface area contributed by atoms with Gasteiger partial charge in [-0.25, -0.2) is 0 Å². The maximum absolute atomic E-state index is 10.9. The van der Waals surface area contributed by atoms with Crippen LogP contribution >= 0.6 is 0 Å². The molecule has 1 fully saturated rings. The van der Waals surface area contributed by atoms with Crippen molar-refractivity contribution in [2.75, 3.05) is 31.1 Å². The van der Waals surface area contributed by atoms with E-state index < -0.39 is 0 Å². The van der Waals surface area contributed by atoms with Crippen molar-refractivity contribution in [3.8, 4) is 0 Å². The maximum atomic E-state index is 10.9. The van der Waals surface area contributed by atoms with Crippen LogP contribution in [0.2, 0.25) is 0 Å².